The molecule has 0 saturated carbocycles. The van der Waals surface area contributed by atoms with E-state index in [0.717, 1.165) is 12.1 Å². The molecule has 1 aromatic rings. The van der Waals surface area contributed by atoms with E-state index in [1.807, 2.05) is 27.7 Å². The fraction of sp³-hybridized carbons (Fsp3) is 0.500. The van der Waals surface area contributed by atoms with Crippen molar-refractivity contribution in [3.63, 3.8) is 0 Å². The van der Waals surface area contributed by atoms with Gasteiger partial charge in [0.1, 0.15) is 0 Å². The van der Waals surface area contributed by atoms with Crippen LogP contribution in [-0.4, -0.2) is 24.1 Å². The molecule has 1 aliphatic rings. The summed E-state index contributed by atoms with van der Waals surface area (Å²) in [6, 6.07) is 3.40. The van der Waals surface area contributed by atoms with Gasteiger partial charge in [0.25, 0.3) is 0 Å². The van der Waals surface area contributed by atoms with Gasteiger partial charge < -0.3 is 9.31 Å². The third kappa shape index (κ3) is 4.13. The van der Waals surface area contributed by atoms with E-state index < -0.39 is 30.1 Å². The summed E-state index contributed by atoms with van der Waals surface area (Å²) in [7, 11) is -0.666. The van der Waals surface area contributed by atoms with Crippen LogP contribution in [0, 0.1) is 0 Å². The van der Waals surface area contributed by atoms with E-state index in [-0.39, 0.29) is 10.8 Å². The van der Waals surface area contributed by atoms with Crippen molar-refractivity contribution >= 4 is 37.4 Å². The van der Waals surface area contributed by atoms with Crippen LogP contribution in [0.25, 0.3) is 6.08 Å². The van der Waals surface area contributed by atoms with Crippen LogP contribution in [0.2, 0.25) is 5.02 Å². The Balaban J connectivity index is 2.37. The summed E-state index contributed by atoms with van der Waals surface area (Å²) in [6.07, 6.45) is -2.88. The van der Waals surface area contributed by atoms with Gasteiger partial charge in [-0.25, -0.2) is 0 Å². The highest BCUT2D eigenvalue weighted by Crippen LogP contribution is 2.39. The molecular weight excluding hydrogens is 360 g/mol. The van der Waals surface area contributed by atoms with Crippen LogP contribution in [-0.2, 0) is 15.5 Å². The first-order valence-electron chi connectivity index (χ1n) is 7.40. The van der Waals surface area contributed by atoms with Gasteiger partial charge in [0.2, 0.25) is 0 Å². The molecule has 1 heterocycles. The summed E-state index contributed by atoms with van der Waals surface area (Å²) in [5, 5.41) is 0.0171. The van der Waals surface area contributed by atoms with Crippen molar-refractivity contribution in [2.45, 2.75) is 45.1 Å². The summed E-state index contributed by atoms with van der Waals surface area (Å²) >= 11 is 10.1. The van der Waals surface area contributed by atoms with Crippen molar-refractivity contribution in [3.8, 4) is 0 Å². The van der Waals surface area contributed by atoms with E-state index >= 15 is 0 Å². The van der Waals surface area contributed by atoms with E-state index in [1.54, 1.807) is 6.08 Å². The molecule has 1 fully saturated rings. The van der Waals surface area contributed by atoms with Gasteiger partial charge in [0.05, 0.1) is 16.8 Å². The van der Waals surface area contributed by atoms with Crippen molar-refractivity contribution in [2.75, 3.05) is 5.75 Å². The molecular formula is C16H19BClF3O2S. The topological polar surface area (TPSA) is 18.5 Å². The van der Waals surface area contributed by atoms with Gasteiger partial charge in [0.15, 0.2) is 0 Å². The second-order valence-corrected chi connectivity index (χ2v) is 7.49. The van der Waals surface area contributed by atoms with Crippen molar-refractivity contribution in [1.82, 2.24) is 0 Å². The van der Waals surface area contributed by atoms with Gasteiger partial charge in [-0.3, -0.25) is 0 Å². The predicted octanol–water partition coefficient (Wildman–Crippen LogP) is 5.30. The fourth-order valence-corrected chi connectivity index (χ4v) is 2.74. The van der Waals surface area contributed by atoms with Crippen LogP contribution >= 0.6 is 24.2 Å². The van der Waals surface area contributed by atoms with Crippen LogP contribution in [0.3, 0.4) is 0 Å². The van der Waals surface area contributed by atoms with Crippen molar-refractivity contribution in [3.05, 3.63) is 39.8 Å². The van der Waals surface area contributed by atoms with E-state index in [9.17, 15) is 13.2 Å². The van der Waals surface area contributed by atoms with Gasteiger partial charge in [-0.15, -0.1) is 0 Å². The molecule has 0 radical (unpaired) electrons. The number of hydrogen-bond acceptors (Lipinski definition) is 3. The molecule has 0 unspecified atom stereocenters. The molecule has 1 aliphatic heterocycles. The number of hydrogen-bond donors (Lipinski definition) is 1. The smallest absolute Gasteiger partial charge is 0.400 e. The summed E-state index contributed by atoms with van der Waals surface area (Å²) in [5.74, 6) is 0.282. The Kier molecular flexibility index (Phi) is 5.41. The molecule has 2 rings (SSSR count). The van der Waals surface area contributed by atoms with E-state index in [2.05, 4.69) is 12.6 Å². The van der Waals surface area contributed by atoms with Crippen molar-refractivity contribution in [1.29, 1.82) is 0 Å². The standard InChI is InChI=1S/C16H19BClF3O2S/c1-14(2)15(3,4)23-17(22-14)12(9-24)6-10-5-11(16(19,20)21)8-13(18)7-10/h5-8,24H,9H2,1-4H3. The minimum atomic E-state index is -4.46. The van der Waals surface area contributed by atoms with E-state index in [1.165, 1.54) is 6.07 Å². The monoisotopic (exact) mass is 378 g/mol. The third-order valence-electron chi connectivity index (χ3n) is 4.34. The summed E-state index contributed by atoms with van der Waals surface area (Å²) < 4.78 is 50.6. The summed E-state index contributed by atoms with van der Waals surface area (Å²) in [6.45, 7) is 7.63. The Morgan fingerprint density at radius 3 is 2.17 bits per heavy atom. The van der Waals surface area contributed by atoms with Crippen molar-refractivity contribution in [2.24, 2.45) is 0 Å². The summed E-state index contributed by atoms with van der Waals surface area (Å²) in [4.78, 5) is 0. The first kappa shape index (κ1) is 19.7. The average molecular weight is 379 g/mol. The molecule has 0 atom stereocenters. The molecule has 8 heteroatoms. The largest absolute Gasteiger partial charge is 0.491 e. The van der Waals surface area contributed by atoms with Gasteiger partial charge in [-0.05, 0) is 56.9 Å². The number of rotatable bonds is 3. The molecule has 0 bridgehead atoms. The lowest BCUT2D eigenvalue weighted by molar-refractivity contribution is -0.137. The Hall–Kier alpha value is -0.625. The zero-order chi connectivity index (χ0) is 18.3. The van der Waals surface area contributed by atoms with E-state index in [4.69, 9.17) is 20.9 Å². The number of alkyl halides is 3. The van der Waals surface area contributed by atoms with Gasteiger partial charge >= 0.3 is 13.3 Å². The third-order valence-corrected chi connectivity index (χ3v) is 4.92. The first-order valence-corrected chi connectivity index (χ1v) is 8.41. The zero-order valence-corrected chi connectivity index (χ0v) is 15.5. The normalized spacial score (nSPS) is 20.5. The Morgan fingerprint density at radius 2 is 1.71 bits per heavy atom. The second-order valence-electron chi connectivity index (χ2n) is 6.74. The predicted molar refractivity (Wildman–Crippen MR) is 94.4 cm³/mol. The van der Waals surface area contributed by atoms with Crippen molar-refractivity contribution < 1.29 is 22.5 Å². The quantitative estimate of drug-likeness (QED) is 0.568. The SMILES string of the molecule is CC1(C)OB(C(=Cc2cc(Cl)cc(C(F)(F)F)c2)CS)OC1(C)C. The minimum Gasteiger partial charge on any atom is -0.400 e. The minimum absolute atomic E-state index is 0.0171. The van der Waals surface area contributed by atoms with Crippen LogP contribution < -0.4 is 0 Å². The maximum atomic E-state index is 12.9. The Morgan fingerprint density at radius 1 is 1.17 bits per heavy atom. The van der Waals surface area contributed by atoms with Gasteiger partial charge in [-0.1, -0.05) is 17.7 Å². The van der Waals surface area contributed by atoms with E-state index in [0.29, 0.717) is 11.0 Å². The van der Waals surface area contributed by atoms with Crippen LogP contribution in [0.4, 0.5) is 13.2 Å². The molecule has 0 N–H and O–H groups in total. The lowest BCUT2D eigenvalue weighted by atomic mass is 9.78. The van der Waals surface area contributed by atoms with Gasteiger partial charge in [-0.2, -0.15) is 25.8 Å². The molecule has 132 valence electrons. The first-order chi connectivity index (χ1) is 10.9. The summed E-state index contributed by atoms with van der Waals surface area (Å²) in [5.41, 5.74) is -0.911. The van der Waals surface area contributed by atoms with Gasteiger partial charge in [0, 0.05) is 10.8 Å². The lowest BCUT2D eigenvalue weighted by Crippen LogP contribution is -2.41. The maximum Gasteiger partial charge on any atom is 0.491 e. The molecule has 0 spiro atoms. The highest BCUT2D eigenvalue weighted by atomic mass is 35.5. The number of benzene rings is 1. The molecule has 24 heavy (non-hydrogen) atoms. The molecule has 2 nitrogen and oxygen atoms in total. The maximum absolute atomic E-state index is 12.9. The highest BCUT2D eigenvalue weighted by Gasteiger charge is 2.52. The molecule has 0 aromatic heterocycles. The number of thiol groups is 1. The van der Waals surface area contributed by atoms with Crippen LogP contribution in [0.15, 0.2) is 23.7 Å². The highest BCUT2D eigenvalue weighted by molar-refractivity contribution is 7.80. The second kappa shape index (κ2) is 6.59. The Labute approximate surface area is 150 Å². The molecule has 1 saturated heterocycles. The van der Waals surface area contributed by atoms with Crippen LogP contribution in [0.1, 0.15) is 38.8 Å². The average Bonchev–Trinajstić information content (AvgIpc) is 2.63. The zero-order valence-electron chi connectivity index (χ0n) is 13.9. The Bertz CT molecular complexity index is 643. The molecule has 1 aromatic carbocycles. The van der Waals surface area contributed by atoms with Crippen LogP contribution in [0.5, 0.6) is 0 Å². The molecule has 0 amide bonds. The fourth-order valence-electron chi connectivity index (χ4n) is 2.26. The lowest BCUT2D eigenvalue weighted by Gasteiger charge is -2.32. The number of halogens is 4. The molecule has 0 aliphatic carbocycles.